The minimum absolute atomic E-state index is 0.0764. The maximum absolute atomic E-state index is 13.5. The van der Waals surface area contributed by atoms with E-state index in [9.17, 15) is 14.3 Å². The molecular formula is C30H25FN4O4. The summed E-state index contributed by atoms with van der Waals surface area (Å²) in [6.45, 7) is 3.60. The van der Waals surface area contributed by atoms with E-state index in [4.69, 9.17) is 9.47 Å². The van der Waals surface area contributed by atoms with Crippen LogP contribution in [0, 0.1) is 12.7 Å². The van der Waals surface area contributed by atoms with Gasteiger partial charge in [-0.2, -0.15) is 0 Å². The Kier molecular flexibility index (Phi) is 7.05. The number of halogens is 1. The number of nitrogens with one attached hydrogen (secondary N) is 1. The van der Waals surface area contributed by atoms with Crippen molar-refractivity contribution in [2.24, 2.45) is 0 Å². The molecule has 5 rings (SSSR count). The van der Waals surface area contributed by atoms with Crippen molar-refractivity contribution in [3.8, 4) is 34.1 Å². The van der Waals surface area contributed by atoms with E-state index in [1.54, 1.807) is 75.0 Å². The van der Waals surface area contributed by atoms with Crippen LogP contribution >= 0.6 is 0 Å². The molecule has 0 fully saturated rings. The molecule has 5 aromatic rings. The summed E-state index contributed by atoms with van der Waals surface area (Å²) < 4.78 is 24.7. The first-order valence-electron chi connectivity index (χ1n) is 12.2. The number of aromatic hydroxyl groups is 1. The molecule has 0 spiro atoms. The smallest absolute Gasteiger partial charge is 0.261 e. The number of methoxy groups -OCH3 is 1. The maximum Gasteiger partial charge on any atom is 0.261 e. The zero-order valence-corrected chi connectivity index (χ0v) is 21.5. The number of carbonyl (C=O) groups excluding carboxylic acids is 1. The zero-order valence-electron chi connectivity index (χ0n) is 21.5. The monoisotopic (exact) mass is 524 g/mol. The molecule has 0 saturated carbocycles. The van der Waals surface area contributed by atoms with Gasteiger partial charge in [0.2, 0.25) is 0 Å². The highest BCUT2D eigenvalue weighted by Gasteiger charge is 2.23. The van der Waals surface area contributed by atoms with Crippen molar-refractivity contribution in [1.82, 2.24) is 15.0 Å². The average molecular weight is 525 g/mol. The molecule has 9 heteroatoms. The third kappa shape index (κ3) is 5.19. The number of ether oxygens (including phenoxy) is 2. The number of fused-ring (bicyclic) bond motifs is 1. The van der Waals surface area contributed by atoms with Crippen molar-refractivity contribution in [1.29, 1.82) is 0 Å². The Morgan fingerprint density at radius 3 is 2.46 bits per heavy atom. The highest BCUT2D eigenvalue weighted by Crippen LogP contribution is 2.37. The number of pyridine rings is 3. The molecule has 0 unspecified atom stereocenters. The van der Waals surface area contributed by atoms with Crippen molar-refractivity contribution >= 4 is 22.6 Å². The minimum atomic E-state index is -0.507. The van der Waals surface area contributed by atoms with Gasteiger partial charge in [0.05, 0.1) is 24.5 Å². The molecule has 3 aromatic heterocycles. The number of hydrogen-bond acceptors (Lipinski definition) is 7. The van der Waals surface area contributed by atoms with Crippen molar-refractivity contribution in [2.45, 2.75) is 20.3 Å². The predicted molar refractivity (Wildman–Crippen MR) is 146 cm³/mol. The summed E-state index contributed by atoms with van der Waals surface area (Å²) in [5, 5.41) is 14.0. The van der Waals surface area contributed by atoms with Crippen LogP contribution in [0.5, 0.6) is 23.0 Å². The fourth-order valence-corrected chi connectivity index (χ4v) is 4.31. The lowest BCUT2D eigenvalue weighted by molar-refractivity contribution is 0.102. The molecule has 0 radical (unpaired) electrons. The number of carbonyl (C=O) groups is 1. The molecule has 0 bridgehead atoms. The van der Waals surface area contributed by atoms with Crippen LogP contribution in [0.25, 0.3) is 22.2 Å². The van der Waals surface area contributed by atoms with Crippen molar-refractivity contribution in [3.05, 3.63) is 95.8 Å². The zero-order chi connectivity index (χ0) is 27.5. The van der Waals surface area contributed by atoms with Gasteiger partial charge >= 0.3 is 0 Å². The van der Waals surface area contributed by atoms with E-state index in [0.29, 0.717) is 62.9 Å². The predicted octanol–water partition coefficient (Wildman–Crippen LogP) is 6.46. The lowest BCUT2D eigenvalue weighted by Crippen LogP contribution is -2.16. The van der Waals surface area contributed by atoms with Crippen LogP contribution < -0.4 is 14.8 Å². The van der Waals surface area contributed by atoms with Gasteiger partial charge in [-0.1, -0.05) is 19.1 Å². The largest absolute Gasteiger partial charge is 0.506 e. The Labute approximate surface area is 224 Å². The van der Waals surface area contributed by atoms with Gasteiger partial charge in [0.1, 0.15) is 34.1 Å². The quantitative estimate of drug-likeness (QED) is 0.252. The van der Waals surface area contributed by atoms with Crippen LogP contribution in [0.2, 0.25) is 0 Å². The lowest BCUT2D eigenvalue weighted by Gasteiger charge is -2.16. The summed E-state index contributed by atoms with van der Waals surface area (Å²) in [6.07, 6.45) is 3.66. The second-order valence-electron chi connectivity index (χ2n) is 8.74. The van der Waals surface area contributed by atoms with Gasteiger partial charge in [0.25, 0.3) is 5.91 Å². The van der Waals surface area contributed by atoms with E-state index in [1.807, 2.05) is 6.92 Å². The number of anilines is 1. The lowest BCUT2D eigenvalue weighted by atomic mass is 9.97. The van der Waals surface area contributed by atoms with Crippen molar-refractivity contribution in [2.75, 3.05) is 12.4 Å². The highest BCUT2D eigenvalue weighted by molar-refractivity contribution is 6.08. The summed E-state index contributed by atoms with van der Waals surface area (Å²) in [5.41, 5.74) is 3.75. The van der Waals surface area contributed by atoms with Crippen molar-refractivity contribution < 1.29 is 23.8 Å². The first kappa shape index (κ1) is 25.6. The minimum Gasteiger partial charge on any atom is -0.506 e. The third-order valence-electron chi connectivity index (χ3n) is 6.21. The third-order valence-corrected chi connectivity index (χ3v) is 6.21. The fraction of sp³-hybridized carbons (Fsp3) is 0.133. The first-order chi connectivity index (χ1) is 18.9. The molecule has 0 saturated heterocycles. The number of nitrogens with zero attached hydrogens (tertiary/aromatic N) is 3. The van der Waals surface area contributed by atoms with Gasteiger partial charge in [-0.15, -0.1) is 0 Å². The number of rotatable bonds is 7. The van der Waals surface area contributed by atoms with Gasteiger partial charge in [-0.3, -0.25) is 14.8 Å². The second kappa shape index (κ2) is 10.7. The molecule has 1 amide bonds. The van der Waals surface area contributed by atoms with E-state index in [0.717, 1.165) is 0 Å². The van der Waals surface area contributed by atoms with Gasteiger partial charge in [0.15, 0.2) is 5.75 Å². The van der Waals surface area contributed by atoms with E-state index >= 15 is 0 Å². The van der Waals surface area contributed by atoms with E-state index in [2.05, 4.69) is 20.3 Å². The normalized spacial score (nSPS) is 10.9. The van der Waals surface area contributed by atoms with Crippen LogP contribution in [-0.2, 0) is 6.42 Å². The molecule has 0 atom stereocenters. The van der Waals surface area contributed by atoms with Crippen LogP contribution in [0.3, 0.4) is 0 Å². The van der Waals surface area contributed by atoms with Gasteiger partial charge < -0.3 is 19.9 Å². The van der Waals surface area contributed by atoms with Crippen molar-refractivity contribution in [3.63, 3.8) is 0 Å². The Bertz CT molecular complexity index is 1670. The molecule has 2 N–H and O–H groups in total. The maximum atomic E-state index is 13.5. The topological polar surface area (TPSA) is 106 Å². The van der Waals surface area contributed by atoms with Crippen LogP contribution in [-0.4, -0.2) is 33.1 Å². The number of hydrogen-bond donors (Lipinski definition) is 2. The summed E-state index contributed by atoms with van der Waals surface area (Å²) in [5.74, 6) is 0.553. The van der Waals surface area contributed by atoms with Gasteiger partial charge in [0, 0.05) is 35.3 Å². The Morgan fingerprint density at radius 2 is 1.77 bits per heavy atom. The van der Waals surface area contributed by atoms with E-state index in [1.165, 1.54) is 12.1 Å². The highest BCUT2D eigenvalue weighted by atomic mass is 19.1. The van der Waals surface area contributed by atoms with Gasteiger partial charge in [-0.25, -0.2) is 9.37 Å². The SMILES string of the molecule is CCc1nc(C)c(-c2ccc(F)cc2)c(O)c1C(=O)Nc1ccc(Oc2ccnc3cc(OC)cnc23)cc1. The Hall–Kier alpha value is -5.05. The standard InChI is InChI=1S/C30H25FN4O4/c1-4-23-27(29(36)26(17(2)34-23)18-5-7-19(31)8-6-18)30(37)35-20-9-11-21(12-10-20)39-25-13-14-32-24-15-22(38-3)16-33-28(24)25/h5-16H,4H2,1-3H3,(H,34,36)(H,35,37). The van der Waals surface area contributed by atoms with E-state index < -0.39 is 11.7 Å². The summed E-state index contributed by atoms with van der Waals surface area (Å²) in [7, 11) is 1.56. The molecule has 196 valence electrons. The molecule has 0 aliphatic rings. The van der Waals surface area contributed by atoms with Crippen LogP contribution in [0.1, 0.15) is 28.7 Å². The molecule has 8 nitrogen and oxygen atoms in total. The molecule has 39 heavy (non-hydrogen) atoms. The average Bonchev–Trinajstić information content (AvgIpc) is 2.94. The van der Waals surface area contributed by atoms with Crippen LogP contribution in [0.4, 0.5) is 10.1 Å². The summed E-state index contributed by atoms with van der Waals surface area (Å²) in [6, 6.07) is 16.0. The van der Waals surface area contributed by atoms with Gasteiger partial charge in [-0.05, 0) is 55.3 Å². The fourth-order valence-electron chi connectivity index (χ4n) is 4.31. The number of aromatic nitrogens is 3. The molecule has 0 aliphatic heterocycles. The summed E-state index contributed by atoms with van der Waals surface area (Å²) >= 11 is 0. The first-order valence-corrected chi connectivity index (χ1v) is 12.2. The molecule has 2 aromatic carbocycles. The van der Waals surface area contributed by atoms with Crippen LogP contribution in [0.15, 0.2) is 73.1 Å². The number of benzene rings is 2. The number of amides is 1. The Morgan fingerprint density at radius 1 is 1.03 bits per heavy atom. The Balaban J connectivity index is 1.39. The molecule has 3 heterocycles. The van der Waals surface area contributed by atoms with E-state index in [-0.39, 0.29) is 11.3 Å². The summed E-state index contributed by atoms with van der Waals surface area (Å²) in [4.78, 5) is 26.6. The molecular weight excluding hydrogens is 499 g/mol. The molecule has 0 aliphatic carbocycles. The number of aryl methyl sites for hydroxylation is 2. The second-order valence-corrected chi connectivity index (χ2v) is 8.74.